The molecule has 1 aromatic heterocycles. The molecule has 1 N–H and O–H groups in total. The monoisotopic (exact) mass is 371 g/mol. The molecule has 3 rings (SSSR count). The van der Waals surface area contributed by atoms with Gasteiger partial charge in [0.05, 0.1) is 6.54 Å². The first-order chi connectivity index (χ1) is 13.0. The van der Waals surface area contributed by atoms with E-state index in [9.17, 15) is 4.79 Å². The van der Waals surface area contributed by atoms with Crippen LogP contribution in [0.3, 0.4) is 0 Å². The van der Waals surface area contributed by atoms with Crippen molar-refractivity contribution in [3.05, 3.63) is 35.7 Å². The van der Waals surface area contributed by atoms with Gasteiger partial charge in [0.2, 0.25) is 17.6 Å². The molecule has 0 saturated carbocycles. The SMILES string of the molecule is Cc1ccc(-c2noc(CN3CCC(C(=O)NCCN(C)C)CC3)n2)cc1. The molecule has 7 nitrogen and oxygen atoms in total. The Bertz CT molecular complexity index is 733. The van der Waals surface area contributed by atoms with E-state index in [4.69, 9.17) is 4.52 Å². The highest BCUT2D eigenvalue weighted by molar-refractivity contribution is 5.78. The lowest BCUT2D eigenvalue weighted by Gasteiger charge is -2.30. The normalized spacial score (nSPS) is 16.0. The van der Waals surface area contributed by atoms with E-state index in [1.807, 2.05) is 38.4 Å². The topological polar surface area (TPSA) is 74.5 Å². The number of carbonyl (C=O) groups excluding carboxylic acids is 1. The van der Waals surface area contributed by atoms with Crippen LogP contribution in [0, 0.1) is 12.8 Å². The van der Waals surface area contributed by atoms with Gasteiger partial charge in [-0.1, -0.05) is 35.0 Å². The molecule has 1 fully saturated rings. The molecule has 0 bridgehead atoms. The van der Waals surface area contributed by atoms with Gasteiger partial charge in [0.1, 0.15) is 0 Å². The third-order valence-electron chi connectivity index (χ3n) is 4.95. The second-order valence-corrected chi connectivity index (χ2v) is 7.52. The molecular formula is C20H29N5O2. The van der Waals surface area contributed by atoms with Gasteiger partial charge in [-0.2, -0.15) is 4.98 Å². The van der Waals surface area contributed by atoms with Crippen LogP contribution < -0.4 is 5.32 Å². The average molecular weight is 371 g/mol. The van der Waals surface area contributed by atoms with Gasteiger partial charge in [-0.25, -0.2) is 0 Å². The Morgan fingerprint density at radius 3 is 2.63 bits per heavy atom. The van der Waals surface area contributed by atoms with Crippen molar-refractivity contribution < 1.29 is 9.32 Å². The molecule has 2 heterocycles. The van der Waals surface area contributed by atoms with E-state index >= 15 is 0 Å². The van der Waals surface area contributed by atoms with Crippen LogP contribution in [0.5, 0.6) is 0 Å². The zero-order valence-electron chi connectivity index (χ0n) is 16.4. The number of carbonyl (C=O) groups is 1. The van der Waals surface area contributed by atoms with Crippen LogP contribution in [-0.2, 0) is 11.3 Å². The van der Waals surface area contributed by atoms with Crippen molar-refractivity contribution >= 4 is 5.91 Å². The molecule has 1 amide bonds. The van der Waals surface area contributed by atoms with Crippen molar-refractivity contribution in [2.75, 3.05) is 40.3 Å². The third-order valence-corrected chi connectivity index (χ3v) is 4.95. The van der Waals surface area contributed by atoms with Crippen LogP contribution >= 0.6 is 0 Å². The number of hydrogen-bond donors (Lipinski definition) is 1. The maximum Gasteiger partial charge on any atom is 0.241 e. The Labute approximate surface area is 160 Å². The number of rotatable bonds is 7. The number of hydrogen-bond acceptors (Lipinski definition) is 6. The van der Waals surface area contributed by atoms with Gasteiger partial charge in [0, 0.05) is 24.6 Å². The largest absolute Gasteiger partial charge is 0.355 e. The Balaban J connectivity index is 1.45. The fraction of sp³-hybridized carbons (Fsp3) is 0.550. The molecule has 27 heavy (non-hydrogen) atoms. The van der Waals surface area contributed by atoms with Gasteiger partial charge < -0.3 is 14.7 Å². The molecular weight excluding hydrogens is 342 g/mol. The summed E-state index contributed by atoms with van der Waals surface area (Å²) in [5.41, 5.74) is 2.17. The minimum Gasteiger partial charge on any atom is -0.355 e. The van der Waals surface area contributed by atoms with E-state index in [-0.39, 0.29) is 11.8 Å². The van der Waals surface area contributed by atoms with Crippen LogP contribution in [0.15, 0.2) is 28.8 Å². The summed E-state index contributed by atoms with van der Waals surface area (Å²) in [7, 11) is 4.01. The van der Waals surface area contributed by atoms with Gasteiger partial charge in [-0.05, 0) is 47.0 Å². The Morgan fingerprint density at radius 2 is 1.96 bits per heavy atom. The third kappa shape index (κ3) is 5.61. The highest BCUT2D eigenvalue weighted by Gasteiger charge is 2.25. The van der Waals surface area contributed by atoms with Gasteiger partial charge in [0.15, 0.2) is 0 Å². The molecule has 0 atom stereocenters. The van der Waals surface area contributed by atoms with Crippen molar-refractivity contribution in [2.24, 2.45) is 5.92 Å². The van der Waals surface area contributed by atoms with E-state index in [1.165, 1.54) is 5.56 Å². The van der Waals surface area contributed by atoms with Gasteiger partial charge in [0.25, 0.3) is 0 Å². The minimum atomic E-state index is 0.106. The number of likely N-dealkylation sites (tertiary alicyclic amines) is 1. The number of nitrogens with zero attached hydrogens (tertiary/aromatic N) is 4. The van der Waals surface area contributed by atoms with Gasteiger partial charge in [-0.15, -0.1) is 0 Å². The van der Waals surface area contributed by atoms with Gasteiger partial charge in [-0.3, -0.25) is 9.69 Å². The molecule has 7 heteroatoms. The molecule has 0 unspecified atom stereocenters. The summed E-state index contributed by atoms with van der Waals surface area (Å²) in [5.74, 6) is 1.53. The average Bonchev–Trinajstić information content (AvgIpc) is 3.11. The summed E-state index contributed by atoms with van der Waals surface area (Å²) in [5, 5.41) is 7.13. The molecule has 1 saturated heterocycles. The molecule has 146 valence electrons. The first kappa shape index (κ1) is 19.5. The van der Waals surface area contributed by atoms with Crippen molar-refractivity contribution in [1.82, 2.24) is 25.3 Å². The Morgan fingerprint density at radius 1 is 1.26 bits per heavy atom. The van der Waals surface area contributed by atoms with Crippen molar-refractivity contribution in [1.29, 1.82) is 0 Å². The molecule has 0 radical (unpaired) electrons. The summed E-state index contributed by atoms with van der Waals surface area (Å²) in [6.07, 6.45) is 1.74. The molecule has 0 spiro atoms. The fourth-order valence-corrected chi connectivity index (χ4v) is 3.23. The first-order valence-corrected chi connectivity index (χ1v) is 9.55. The predicted molar refractivity (Wildman–Crippen MR) is 104 cm³/mol. The molecule has 0 aliphatic carbocycles. The van der Waals surface area contributed by atoms with Crippen LogP contribution in [0.2, 0.25) is 0 Å². The van der Waals surface area contributed by atoms with Crippen LogP contribution in [0.1, 0.15) is 24.3 Å². The molecule has 2 aromatic rings. The molecule has 1 aromatic carbocycles. The second-order valence-electron chi connectivity index (χ2n) is 7.52. The quantitative estimate of drug-likeness (QED) is 0.802. The van der Waals surface area contributed by atoms with Crippen molar-refractivity contribution in [3.63, 3.8) is 0 Å². The predicted octanol–water partition coefficient (Wildman–Crippen LogP) is 1.93. The lowest BCUT2D eigenvalue weighted by molar-refractivity contribution is -0.126. The summed E-state index contributed by atoms with van der Waals surface area (Å²) in [6, 6.07) is 8.09. The zero-order valence-corrected chi connectivity index (χ0v) is 16.4. The Kier molecular flexibility index (Phi) is 6.58. The number of piperidine rings is 1. The number of benzene rings is 1. The molecule has 1 aliphatic rings. The maximum absolute atomic E-state index is 12.2. The van der Waals surface area contributed by atoms with E-state index in [0.717, 1.165) is 38.0 Å². The highest BCUT2D eigenvalue weighted by atomic mass is 16.5. The summed E-state index contributed by atoms with van der Waals surface area (Å²) in [4.78, 5) is 21.1. The number of aryl methyl sites for hydroxylation is 1. The van der Waals surface area contributed by atoms with Crippen molar-refractivity contribution in [3.8, 4) is 11.4 Å². The van der Waals surface area contributed by atoms with Crippen molar-refractivity contribution in [2.45, 2.75) is 26.3 Å². The van der Waals surface area contributed by atoms with E-state index in [1.54, 1.807) is 0 Å². The number of nitrogens with one attached hydrogen (secondary N) is 1. The number of aromatic nitrogens is 2. The summed E-state index contributed by atoms with van der Waals surface area (Å²) in [6.45, 7) is 5.99. The fourth-order valence-electron chi connectivity index (χ4n) is 3.23. The first-order valence-electron chi connectivity index (χ1n) is 9.55. The number of likely N-dealkylation sites (N-methyl/N-ethyl adjacent to an activating group) is 1. The van der Waals surface area contributed by atoms with E-state index in [0.29, 0.717) is 24.8 Å². The highest BCUT2D eigenvalue weighted by Crippen LogP contribution is 2.20. The number of amides is 1. The zero-order chi connectivity index (χ0) is 19.2. The van der Waals surface area contributed by atoms with E-state index in [2.05, 4.69) is 32.2 Å². The van der Waals surface area contributed by atoms with E-state index < -0.39 is 0 Å². The summed E-state index contributed by atoms with van der Waals surface area (Å²) >= 11 is 0. The maximum atomic E-state index is 12.2. The lowest BCUT2D eigenvalue weighted by atomic mass is 9.96. The second kappa shape index (κ2) is 9.10. The molecule has 1 aliphatic heterocycles. The smallest absolute Gasteiger partial charge is 0.241 e. The minimum absolute atomic E-state index is 0.106. The standard InChI is InChI=1S/C20H29N5O2/c1-15-4-6-16(7-5-15)19-22-18(27-23-19)14-25-11-8-17(9-12-25)20(26)21-10-13-24(2)3/h4-7,17H,8-14H2,1-3H3,(H,21,26). The lowest BCUT2D eigenvalue weighted by Crippen LogP contribution is -2.41. The van der Waals surface area contributed by atoms with Crippen LogP contribution in [-0.4, -0.2) is 66.1 Å². The van der Waals surface area contributed by atoms with Crippen LogP contribution in [0.4, 0.5) is 0 Å². The van der Waals surface area contributed by atoms with Gasteiger partial charge >= 0.3 is 0 Å². The van der Waals surface area contributed by atoms with Crippen LogP contribution in [0.25, 0.3) is 11.4 Å². The Hall–Kier alpha value is -2.25. The summed E-state index contributed by atoms with van der Waals surface area (Å²) < 4.78 is 5.42.